The molecule has 0 rings (SSSR count). The first-order valence-electron chi connectivity index (χ1n) is 6.35. The standard InChI is InChI=1S/C13H25NO6/c1-8(19-9(2)18-7)13(6,10(15)16)14-11(17)20-12(3,4)5/h8-9H,1-7H3,(H,14,17)(H,15,16)/t8?,9?,13-/m1/s1. The highest BCUT2D eigenvalue weighted by Crippen LogP contribution is 2.17. The second kappa shape index (κ2) is 6.90. The van der Waals surface area contributed by atoms with Crippen molar-refractivity contribution in [2.24, 2.45) is 0 Å². The lowest BCUT2D eigenvalue weighted by molar-refractivity contribution is -0.175. The van der Waals surface area contributed by atoms with Gasteiger partial charge in [-0.1, -0.05) is 0 Å². The van der Waals surface area contributed by atoms with Crippen molar-refractivity contribution in [2.45, 2.75) is 65.1 Å². The maximum absolute atomic E-state index is 11.8. The second-order valence-corrected chi connectivity index (χ2v) is 5.72. The van der Waals surface area contributed by atoms with Crippen LogP contribution in [0, 0.1) is 0 Å². The molecule has 0 aromatic heterocycles. The number of aliphatic carboxylic acids is 1. The highest BCUT2D eigenvalue weighted by Gasteiger charge is 2.43. The number of hydrogen-bond donors (Lipinski definition) is 2. The van der Waals surface area contributed by atoms with E-state index in [1.165, 1.54) is 14.0 Å². The molecule has 0 aromatic rings. The van der Waals surface area contributed by atoms with Crippen LogP contribution in [-0.4, -0.2) is 47.8 Å². The lowest BCUT2D eigenvalue weighted by Crippen LogP contribution is -2.61. The minimum absolute atomic E-state index is 0.593. The SMILES string of the molecule is COC(C)OC(C)[C@@](C)(NC(=O)OC(C)(C)C)C(=O)O. The molecule has 0 fully saturated rings. The molecule has 1 amide bonds. The molecule has 0 aliphatic rings. The predicted molar refractivity (Wildman–Crippen MR) is 72.4 cm³/mol. The van der Waals surface area contributed by atoms with Gasteiger partial charge < -0.3 is 24.6 Å². The zero-order chi connectivity index (χ0) is 16.1. The second-order valence-electron chi connectivity index (χ2n) is 5.72. The summed E-state index contributed by atoms with van der Waals surface area (Å²) in [4.78, 5) is 23.2. The fourth-order valence-corrected chi connectivity index (χ4v) is 1.32. The van der Waals surface area contributed by atoms with E-state index >= 15 is 0 Å². The van der Waals surface area contributed by atoms with Crippen LogP contribution in [0.4, 0.5) is 4.79 Å². The molecule has 0 aliphatic carbocycles. The molecule has 7 nitrogen and oxygen atoms in total. The molecule has 0 saturated carbocycles. The van der Waals surface area contributed by atoms with E-state index in [0.717, 1.165) is 0 Å². The molecule has 2 unspecified atom stereocenters. The molecular formula is C13H25NO6. The number of carboxylic acid groups (broad SMARTS) is 1. The molecule has 0 saturated heterocycles. The van der Waals surface area contributed by atoms with Crippen LogP contribution in [0.3, 0.4) is 0 Å². The van der Waals surface area contributed by atoms with Gasteiger partial charge >= 0.3 is 12.1 Å². The molecular weight excluding hydrogens is 266 g/mol. The van der Waals surface area contributed by atoms with Crippen LogP contribution in [-0.2, 0) is 19.0 Å². The largest absolute Gasteiger partial charge is 0.479 e. The number of nitrogens with one attached hydrogen (secondary N) is 1. The minimum Gasteiger partial charge on any atom is -0.479 e. The summed E-state index contributed by atoms with van der Waals surface area (Å²) >= 11 is 0. The summed E-state index contributed by atoms with van der Waals surface area (Å²) in [6.07, 6.45) is -2.23. The number of alkyl carbamates (subject to hydrolysis) is 1. The summed E-state index contributed by atoms with van der Waals surface area (Å²) in [7, 11) is 1.44. The van der Waals surface area contributed by atoms with Crippen molar-refractivity contribution in [3.63, 3.8) is 0 Å². The van der Waals surface area contributed by atoms with Crippen molar-refractivity contribution in [1.82, 2.24) is 5.32 Å². The monoisotopic (exact) mass is 291 g/mol. The molecule has 0 bridgehead atoms. The summed E-state index contributed by atoms with van der Waals surface area (Å²) in [5.41, 5.74) is -2.34. The fourth-order valence-electron chi connectivity index (χ4n) is 1.32. The van der Waals surface area contributed by atoms with E-state index in [-0.39, 0.29) is 0 Å². The van der Waals surface area contributed by atoms with Crippen molar-refractivity contribution >= 4 is 12.1 Å². The van der Waals surface area contributed by atoms with Crippen molar-refractivity contribution in [1.29, 1.82) is 0 Å². The highest BCUT2D eigenvalue weighted by atomic mass is 16.7. The Morgan fingerprint density at radius 3 is 2.00 bits per heavy atom. The van der Waals surface area contributed by atoms with Gasteiger partial charge in [0.2, 0.25) is 0 Å². The van der Waals surface area contributed by atoms with E-state index in [4.69, 9.17) is 14.2 Å². The van der Waals surface area contributed by atoms with Crippen molar-refractivity contribution in [3.05, 3.63) is 0 Å². The summed E-state index contributed by atoms with van der Waals surface area (Å²) < 4.78 is 15.4. The molecule has 0 heterocycles. The maximum atomic E-state index is 11.8. The van der Waals surface area contributed by atoms with Crippen molar-refractivity contribution in [3.8, 4) is 0 Å². The number of hydrogen-bond acceptors (Lipinski definition) is 5. The van der Waals surface area contributed by atoms with Crippen LogP contribution in [0.5, 0.6) is 0 Å². The Hall–Kier alpha value is -1.34. The van der Waals surface area contributed by atoms with E-state index in [1.807, 2.05) is 0 Å². The third-order valence-corrected chi connectivity index (χ3v) is 2.75. The summed E-state index contributed by atoms with van der Waals surface area (Å²) in [6, 6.07) is 0. The number of rotatable bonds is 6. The van der Waals surface area contributed by atoms with E-state index < -0.39 is 35.6 Å². The Morgan fingerprint density at radius 2 is 1.65 bits per heavy atom. The highest BCUT2D eigenvalue weighted by molar-refractivity contribution is 5.84. The van der Waals surface area contributed by atoms with Gasteiger partial charge in [-0.3, -0.25) is 0 Å². The zero-order valence-corrected chi connectivity index (χ0v) is 13.1. The lowest BCUT2D eigenvalue weighted by atomic mass is 9.96. The summed E-state index contributed by atoms with van der Waals surface area (Å²) in [5, 5.41) is 11.7. The number of amides is 1. The Morgan fingerprint density at radius 1 is 1.15 bits per heavy atom. The van der Waals surface area contributed by atoms with E-state index in [0.29, 0.717) is 0 Å². The third kappa shape index (κ3) is 5.75. The normalized spacial score (nSPS) is 17.8. The van der Waals surface area contributed by atoms with Crippen LogP contribution >= 0.6 is 0 Å². The predicted octanol–water partition coefficient (Wildman–Crippen LogP) is 1.75. The number of methoxy groups -OCH3 is 1. The quantitative estimate of drug-likeness (QED) is 0.724. The molecule has 118 valence electrons. The van der Waals surface area contributed by atoms with Gasteiger partial charge in [0.05, 0.1) is 6.10 Å². The molecule has 7 heteroatoms. The van der Waals surface area contributed by atoms with E-state index in [1.54, 1.807) is 34.6 Å². The summed E-state index contributed by atoms with van der Waals surface area (Å²) in [5.74, 6) is -1.22. The fraction of sp³-hybridized carbons (Fsp3) is 0.846. The minimum atomic E-state index is -1.63. The van der Waals surface area contributed by atoms with Gasteiger partial charge in [0.15, 0.2) is 11.8 Å². The molecule has 2 N–H and O–H groups in total. The number of carbonyl (C=O) groups is 2. The Labute approximate surface area is 119 Å². The lowest BCUT2D eigenvalue weighted by Gasteiger charge is -2.34. The number of carbonyl (C=O) groups excluding carboxylic acids is 1. The first-order chi connectivity index (χ1) is 8.92. The Balaban J connectivity index is 4.93. The molecule has 3 atom stereocenters. The van der Waals surface area contributed by atoms with E-state index in [2.05, 4.69) is 5.32 Å². The number of carboxylic acids is 1. The molecule has 0 radical (unpaired) electrons. The van der Waals surface area contributed by atoms with Gasteiger partial charge in [0, 0.05) is 7.11 Å². The Kier molecular flexibility index (Phi) is 6.43. The van der Waals surface area contributed by atoms with E-state index in [9.17, 15) is 14.7 Å². The van der Waals surface area contributed by atoms with Crippen molar-refractivity contribution < 1.29 is 28.9 Å². The van der Waals surface area contributed by atoms with Gasteiger partial charge in [-0.15, -0.1) is 0 Å². The number of ether oxygens (including phenoxy) is 3. The smallest absolute Gasteiger partial charge is 0.408 e. The molecule has 0 aromatic carbocycles. The topological polar surface area (TPSA) is 94.1 Å². The van der Waals surface area contributed by atoms with Crippen LogP contribution in [0.1, 0.15) is 41.5 Å². The van der Waals surface area contributed by atoms with Gasteiger partial charge in [-0.05, 0) is 41.5 Å². The first-order valence-corrected chi connectivity index (χ1v) is 6.35. The van der Waals surface area contributed by atoms with Crippen LogP contribution in [0.2, 0.25) is 0 Å². The summed E-state index contributed by atoms with van der Waals surface area (Å²) in [6.45, 7) is 9.60. The molecule has 20 heavy (non-hydrogen) atoms. The van der Waals surface area contributed by atoms with Crippen LogP contribution < -0.4 is 5.32 Å². The molecule has 0 spiro atoms. The van der Waals surface area contributed by atoms with Gasteiger partial charge in [-0.2, -0.15) is 0 Å². The van der Waals surface area contributed by atoms with Crippen LogP contribution in [0.15, 0.2) is 0 Å². The van der Waals surface area contributed by atoms with Gasteiger partial charge in [0.25, 0.3) is 0 Å². The van der Waals surface area contributed by atoms with Gasteiger partial charge in [0.1, 0.15) is 5.60 Å². The molecule has 0 aliphatic heterocycles. The Bertz CT molecular complexity index is 351. The van der Waals surface area contributed by atoms with Crippen LogP contribution in [0.25, 0.3) is 0 Å². The maximum Gasteiger partial charge on any atom is 0.408 e. The van der Waals surface area contributed by atoms with Crippen molar-refractivity contribution in [2.75, 3.05) is 7.11 Å². The third-order valence-electron chi connectivity index (χ3n) is 2.75. The first kappa shape index (κ1) is 18.7. The average molecular weight is 291 g/mol. The average Bonchev–Trinajstić information content (AvgIpc) is 2.25. The zero-order valence-electron chi connectivity index (χ0n) is 13.1. The van der Waals surface area contributed by atoms with Gasteiger partial charge in [-0.25, -0.2) is 9.59 Å².